The van der Waals surface area contributed by atoms with Crippen LogP contribution < -0.4 is 5.32 Å². The molecular formula is C9H18ClNO. The van der Waals surface area contributed by atoms with E-state index in [0.717, 1.165) is 19.4 Å². The van der Waals surface area contributed by atoms with Gasteiger partial charge in [0.2, 0.25) is 5.91 Å². The van der Waals surface area contributed by atoms with Gasteiger partial charge >= 0.3 is 0 Å². The van der Waals surface area contributed by atoms with Crippen molar-refractivity contribution in [3.63, 3.8) is 0 Å². The molecule has 0 rings (SSSR count). The van der Waals surface area contributed by atoms with Crippen LogP contribution in [0.15, 0.2) is 0 Å². The van der Waals surface area contributed by atoms with Crippen molar-refractivity contribution in [1.82, 2.24) is 5.32 Å². The molecule has 0 atom stereocenters. The maximum atomic E-state index is 11.0. The van der Waals surface area contributed by atoms with E-state index in [9.17, 15) is 4.79 Å². The summed E-state index contributed by atoms with van der Waals surface area (Å²) in [5.74, 6) is 0.703. The number of carbonyl (C=O) groups is 1. The van der Waals surface area contributed by atoms with Crippen LogP contribution >= 0.6 is 11.6 Å². The molecule has 0 radical (unpaired) electrons. The largest absolute Gasteiger partial charge is 0.356 e. The van der Waals surface area contributed by atoms with Gasteiger partial charge in [0.15, 0.2) is 0 Å². The van der Waals surface area contributed by atoms with Crippen LogP contribution in [0, 0.1) is 0 Å². The minimum Gasteiger partial charge on any atom is -0.356 e. The molecule has 12 heavy (non-hydrogen) atoms. The smallest absolute Gasteiger partial charge is 0.220 e. The van der Waals surface area contributed by atoms with Crippen molar-refractivity contribution in [1.29, 1.82) is 0 Å². The summed E-state index contributed by atoms with van der Waals surface area (Å²) in [7, 11) is 0. The Hall–Kier alpha value is -0.240. The van der Waals surface area contributed by atoms with E-state index in [-0.39, 0.29) is 5.91 Å². The summed E-state index contributed by atoms with van der Waals surface area (Å²) in [4.78, 5) is 11.0. The molecule has 0 aliphatic heterocycles. The molecule has 2 nitrogen and oxygen atoms in total. The van der Waals surface area contributed by atoms with Crippen molar-refractivity contribution in [2.24, 2.45) is 0 Å². The lowest BCUT2D eigenvalue weighted by Gasteiger charge is -2.02. The molecule has 0 aromatic rings. The number of rotatable bonds is 7. The second-order valence-corrected chi connectivity index (χ2v) is 3.23. The lowest BCUT2D eigenvalue weighted by molar-refractivity contribution is -0.121. The van der Waals surface area contributed by atoms with Crippen LogP contribution in [0.2, 0.25) is 0 Å². The topological polar surface area (TPSA) is 29.1 Å². The predicted molar refractivity (Wildman–Crippen MR) is 52.5 cm³/mol. The van der Waals surface area contributed by atoms with E-state index in [0.29, 0.717) is 12.3 Å². The predicted octanol–water partition coefficient (Wildman–Crippen LogP) is 2.31. The first-order chi connectivity index (χ1) is 5.81. The summed E-state index contributed by atoms with van der Waals surface area (Å²) < 4.78 is 0. The minimum absolute atomic E-state index is 0.131. The molecule has 0 spiro atoms. The van der Waals surface area contributed by atoms with Gasteiger partial charge in [0.1, 0.15) is 0 Å². The van der Waals surface area contributed by atoms with Crippen LogP contribution in [0.5, 0.6) is 0 Å². The first-order valence-electron chi connectivity index (χ1n) is 4.64. The monoisotopic (exact) mass is 191 g/mol. The molecule has 0 unspecified atom stereocenters. The summed E-state index contributed by atoms with van der Waals surface area (Å²) >= 11 is 5.45. The molecule has 0 heterocycles. The van der Waals surface area contributed by atoms with Crippen molar-refractivity contribution in [2.45, 2.75) is 39.0 Å². The standard InChI is InChI=1S/C9H18ClNO/c1-2-3-4-8-11-9(12)6-5-7-10/h2-8H2,1H3,(H,11,12). The average Bonchev–Trinajstić information content (AvgIpc) is 2.09. The van der Waals surface area contributed by atoms with Crippen molar-refractivity contribution < 1.29 is 4.79 Å². The molecule has 0 saturated carbocycles. The van der Waals surface area contributed by atoms with E-state index in [1.54, 1.807) is 0 Å². The van der Waals surface area contributed by atoms with E-state index in [4.69, 9.17) is 11.6 Å². The fourth-order valence-corrected chi connectivity index (χ4v) is 1.05. The van der Waals surface area contributed by atoms with Gasteiger partial charge in [0.05, 0.1) is 0 Å². The third kappa shape index (κ3) is 7.86. The Morgan fingerprint density at radius 2 is 2.08 bits per heavy atom. The number of alkyl halides is 1. The highest BCUT2D eigenvalue weighted by Gasteiger charge is 1.98. The third-order valence-corrected chi connectivity index (χ3v) is 1.91. The van der Waals surface area contributed by atoms with Crippen molar-refractivity contribution in [3.05, 3.63) is 0 Å². The number of carbonyl (C=O) groups excluding carboxylic acids is 1. The lowest BCUT2D eigenvalue weighted by Crippen LogP contribution is -2.24. The van der Waals surface area contributed by atoms with Crippen LogP contribution in [0.1, 0.15) is 39.0 Å². The van der Waals surface area contributed by atoms with Crippen molar-refractivity contribution >= 4 is 17.5 Å². The highest BCUT2D eigenvalue weighted by atomic mass is 35.5. The molecule has 72 valence electrons. The van der Waals surface area contributed by atoms with Gasteiger partial charge in [-0.15, -0.1) is 11.6 Å². The number of unbranched alkanes of at least 4 members (excludes halogenated alkanes) is 2. The average molecular weight is 192 g/mol. The Morgan fingerprint density at radius 1 is 1.33 bits per heavy atom. The summed E-state index contributed by atoms with van der Waals surface area (Å²) in [5.41, 5.74) is 0. The Kier molecular flexibility index (Phi) is 8.68. The number of hydrogen-bond acceptors (Lipinski definition) is 1. The molecule has 0 bridgehead atoms. The summed E-state index contributed by atoms with van der Waals surface area (Å²) in [6, 6.07) is 0. The van der Waals surface area contributed by atoms with Gasteiger partial charge in [-0.05, 0) is 12.8 Å². The zero-order valence-electron chi connectivity index (χ0n) is 7.74. The van der Waals surface area contributed by atoms with Gasteiger partial charge in [-0.2, -0.15) is 0 Å². The maximum absolute atomic E-state index is 11.0. The number of nitrogens with one attached hydrogen (secondary N) is 1. The SMILES string of the molecule is CCCCCNC(=O)CCCCl. The fraction of sp³-hybridized carbons (Fsp3) is 0.889. The van der Waals surface area contributed by atoms with Gasteiger partial charge in [-0.1, -0.05) is 19.8 Å². The summed E-state index contributed by atoms with van der Waals surface area (Å²) in [6.45, 7) is 2.96. The molecule has 0 aromatic heterocycles. The van der Waals surface area contributed by atoms with E-state index in [1.165, 1.54) is 12.8 Å². The van der Waals surface area contributed by atoms with Gasteiger partial charge in [-0.3, -0.25) is 4.79 Å². The molecule has 3 heteroatoms. The van der Waals surface area contributed by atoms with Gasteiger partial charge < -0.3 is 5.32 Å². The Labute approximate surface area is 79.7 Å². The molecule has 1 N–H and O–H groups in total. The van der Waals surface area contributed by atoms with Crippen LogP contribution in [0.4, 0.5) is 0 Å². The first kappa shape index (κ1) is 11.8. The highest BCUT2D eigenvalue weighted by molar-refractivity contribution is 6.17. The maximum Gasteiger partial charge on any atom is 0.220 e. The van der Waals surface area contributed by atoms with Gasteiger partial charge in [0.25, 0.3) is 0 Å². The van der Waals surface area contributed by atoms with E-state index in [1.807, 2.05) is 0 Å². The zero-order valence-corrected chi connectivity index (χ0v) is 8.49. The summed E-state index contributed by atoms with van der Waals surface area (Å²) in [5, 5.41) is 2.85. The summed E-state index contributed by atoms with van der Waals surface area (Å²) in [6.07, 6.45) is 4.81. The van der Waals surface area contributed by atoms with E-state index >= 15 is 0 Å². The lowest BCUT2D eigenvalue weighted by atomic mass is 10.2. The van der Waals surface area contributed by atoms with Crippen molar-refractivity contribution in [2.75, 3.05) is 12.4 Å². The van der Waals surface area contributed by atoms with Crippen LogP contribution in [-0.2, 0) is 4.79 Å². The molecule has 1 amide bonds. The van der Waals surface area contributed by atoms with Crippen LogP contribution in [0.3, 0.4) is 0 Å². The number of halogens is 1. The second kappa shape index (κ2) is 8.85. The second-order valence-electron chi connectivity index (χ2n) is 2.85. The molecular weight excluding hydrogens is 174 g/mol. The number of amides is 1. The molecule has 0 aliphatic rings. The number of hydrogen-bond donors (Lipinski definition) is 1. The van der Waals surface area contributed by atoms with Gasteiger partial charge in [0, 0.05) is 18.8 Å². The van der Waals surface area contributed by atoms with Gasteiger partial charge in [-0.25, -0.2) is 0 Å². The zero-order chi connectivity index (χ0) is 9.23. The normalized spacial score (nSPS) is 9.83. The van der Waals surface area contributed by atoms with Crippen LogP contribution in [-0.4, -0.2) is 18.3 Å². The highest BCUT2D eigenvalue weighted by Crippen LogP contribution is 1.94. The Bertz CT molecular complexity index is 117. The fourth-order valence-electron chi connectivity index (χ4n) is 0.919. The Morgan fingerprint density at radius 3 is 2.67 bits per heavy atom. The van der Waals surface area contributed by atoms with Crippen LogP contribution in [0.25, 0.3) is 0 Å². The molecule has 0 saturated heterocycles. The minimum atomic E-state index is 0.131. The first-order valence-corrected chi connectivity index (χ1v) is 5.17. The quantitative estimate of drug-likeness (QED) is 0.486. The van der Waals surface area contributed by atoms with E-state index < -0.39 is 0 Å². The Balaban J connectivity index is 3.08. The molecule has 0 fully saturated rings. The molecule has 0 aliphatic carbocycles. The van der Waals surface area contributed by atoms with E-state index in [2.05, 4.69) is 12.2 Å². The molecule has 0 aromatic carbocycles. The third-order valence-electron chi connectivity index (χ3n) is 1.64. The van der Waals surface area contributed by atoms with Crippen molar-refractivity contribution in [3.8, 4) is 0 Å².